The molecule has 2 aromatic rings. The molecule has 0 fully saturated rings. The van der Waals surface area contributed by atoms with E-state index in [4.69, 9.17) is 4.74 Å². The second-order valence-corrected chi connectivity index (χ2v) is 5.37. The van der Waals surface area contributed by atoms with Gasteiger partial charge in [-0.15, -0.1) is 0 Å². The molecule has 1 nitrogen and oxygen atoms in total. The number of fused-ring (bicyclic) bond motifs is 1. The van der Waals surface area contributed by atoms with Gasteiger partial charge < -0.3 is 4.74 Å². The quantitative estimate of drug-likeness (QED) is 0.757. The van der Waals surface area contributed by atoms with E-state index in [-0.39, 0.29) is 5.82 Å². The molecule has 0 aromatic heterocycles. The molecule has 0 radical (unpaired) electrons. The van der Waals surface area contributed by atoms with Gasteiger partial charge in [0.05, 0.1) is 6.61 Å². The highest BCUT2D eigenvalue weighted by Crippen LogP contribution is 2.35. The van der Waals surface area contributed by atoms with Crippen molar-refractivity contribution in [3.63, 3.8) is 0 Å². The molecule has 1 aliphatic carbocycles. The number of hydrogen-bond donors (Lipinski definition) is 0. The summed E-state index contributed by atoms with van der Waals surface area (Å²) in [7, 11) is 0. The van der Waals surface area contributed by atoms with Crippen LogP contribution in [0.2, 0.25) is 0 Å². The molecule has 0 spiro atoms. The Labute approximate surface area is 120 Å². The first kappa shape index (κ1) is 12.7. The standard InChI is InChI=1S/C16H14BrFO/c17-9-11-5-6-16(15(18)7-11)19-10-13-8-12-3-1-2-4-14(12)13/h1-7,13H,8-10H2. The van der Waals surface area contributed by atoms with Gasteiger partial charge in [0.25, 0.3) is 0 Å². The van der Waals surface area contributed by atoms with E-state index >= 15 is 0 Å². The molecule has 0 saturated heterocycles. The lowest BCUT2D eigenvalue weighted by Gasteiger charge is -2.29. The summed E-state index contributed by atoms with van der Waals surface area (Å²) in [5.41, 5.74) is 3.63. The van der Waals surface area contributed by atoms with Gasteiger partial charge in [0.2, 0.25) is 0 Å². The summed E-state index contributed by atoms with van der Waals surface area (Å²) in [6.45, 7) is 0.543. The minimum Gasteiger partial charge on any atom is -0.490 e. The molecule has 0 amide bonds. The maximum atomic E-state index is 13.8. The van der Waals surface area contributed by atoms with E-state index in [1.165, 1.54) is 17.2 Å². The fourth-order valence-corrected chi connectivity index (χ4v) is 2.80. The Kier molecular flexibility index (Phi) is 3.56. The van der Waals surface area contributed by atoms with Gasteiger partial charge in [0, 0.05) is 11.2 Å². The predicted molar refractivity (Wildman–Crippen MR) is 77.4 cm³/mol. The van der Waals surface area contributed by atoms with Gasteiger partial charge >= 0.3 is 0 Å². The lowest BCUT2D eigenvalue weighted by atomic mass is 9.78. The van der Waals surface area contributed by atoms with Crippen molar-refractivity contribution in [2.75, 3.05) is 6.61 Å². The molecule has 98 valence electrons. The number of ether oxygens (including phenoxy) is 1. The lowest BCUT2D eigenvalue weighted by Crippen LogP contribution is -2.23. The monoisotopic (exact) mass is 320 g/mol. The molecule has 0 heterocycles. The minimum absolute atomic E-state index is 0.287. The van der Waals surface area contributed by atoms with Crippen LogP contribution in [0.1, 0.15) is 22.6 Å². The van der Waals surface area contributed by atoms with E-state index < -0.39 is 0 Å². The first-order chi connectivity index (χ1) is 9.28. The summed E-state index contributed by atoms with van der Waals surface area (Å²) in [6.07, 6.45) is 1.03. The highest BCUT2D eigenvalue weighted by molar-refractivity contribution is 9.08. The van der Waals surface area contributed by atoms with E-state index in [1.54, 1.807) is 6.07 Å². The highest BCUT2D eigenvalue weighted by atomic mass is 79.9. The Balaban J connectivity index is 1.65. The Morgan fingerprint density at radius 3 is 2.79 bits per heavy atom. The largest absolute Gasteiger partial charge is 0.490 e. The summed E-state index contributed by atoms with van der Waals surface area (Å²) in [6, 6.07) is 13.4. The molecule has 3 rings (SSSR count). The molecule has 1 atom stereocenters. The third-order valence-electron chi connectivity index (χ3n) is 3.55. The van der Waals surface area contributed by atoms with Crippen molar-refractivity contribution in [3.05, 3.63) is 65.0 Å². The van der Waals surface area contributed by atoms with E-state index in [9.17, 15) is 4.39 Å². The lowest BCUT2D eigenvalue weighted by molar-refractivity contribution is 0.263. The molecule has 1 unspecified atom stereocenters. The van der Waals surface area contributed by atoms with Crippen molar-refractivity contribution >= 4 is 15.9 Å². The second kappa shape index (κ2) is 5.33. The molecule has 1 aliphatic rings. The van der Waals surface area contributed by atoms with Crippen molar-refractivity contribution in [1.82, 2.24) is 0 Å². The van der Waals surface area contributed by atoms with Crippen molar-refractivity contribution in [2.45, 2.75) is 17.7 Å². The molecule has 19 heavy (non-hydrogen) atoms. The van der Waals surface area contributed by atoms with E-state index in [0.29, 0.717) is 23.6 Å². The number of benzene rings is 2. The maximum absolute atomic E-state index is 13.8. The van der Waals surface area contributed by atoms with Gasteiger partial charge in [-0.1, -0.05) is 46.3 Å². The Morgan fingerprint density at radius 2 is 2.05 bits per heavy atom. The van der Waals surface area contributed by atoms with Gasteiger partial charge in [-0.3, -0.25) is 0 Å². The molecule has 3 heteroatoms. The van der Waals surface area contributed by atoms with Crippen molar-refractivity contribution in [2.24, 2.45) is 0 Å². The first-order valence-electron chi connectivity index (χ1n) is 6.33. The predicted octanol–water partition coefficient (Wildman–Crippen LogP) is 4.44. The Morgan fingerprint density at radius 1 is 1.21 bits per heavy atom. The van der Waals surface area contributed by atoms with Crippen LogP contribution >= 0.6 is 15.9 Å². The Hall–Kier alpha value is -1.35. The average molecular weight is 321 g/mol. The summed E-state index contributed by atoms with van der Waals surface area (Å²) < 4.78 is 19.4. The number of hydrogen-bond acceptors (Lipinski definition) is 1. The zero-order valence-corrected chi connectivity index (χ0v) is 12.0. The van der Waals surface area contributed by atoms with Crippen molar-refractivity contribution in [3.8, 4) is 5.75 Å². The number of halogens is 2. The second-order valence-electron chi connectivity index (χ2n) is 4.81. The molecule has 0 N–H and O–H groups in total. The highest BCUT2D eigenvalue weighted by Gasteiger charge is 2.26. The summed E-state index contributed by atoms with van der Waals surface area (Å²) >= 11 is 3.31. The molecular formula is C16H14BrFO. The van der Waals surface area contributed by atoms with Gasteiger partial charge in [-0.05, 0) is 35.2 Å². The van der Waals surface area contributed by atoms with Crippen LogP contribution in [0.5, 0.6) is 5.75 Å². The molecule has 0 bridgehead atoms. The summed E-state index contributed by atoms with van der Waals surface area (Å²) in [4.78, 5) is 0. The average Bonchev–Trinajstić information content (AvgIpc) is 2.41. The van der Waals surface area contributed by atoms with E-state index in [1.807, 2.05) is 12.1 Å². The van der Waals surface area contributed by atoms with E-state index in [0.717, 1.165) is 12.0 Å². The van der Waals surface area contributed by atoms with Crippen LogP contribution in [0, 0.1) is 5.82 Å². The van der Waals surface area contributed by atoms with Gasteiger partial charge in [-0.25, -0.2) is 4.39 Å². The SMILES string of the molecule is Fc1cc(CBr)ccc1OCC1Cc2ccccc21. The fraction of sp³-hybridized carbons (Fsp3) is 0.250. The summed E-state index contributed by atoms with van der Waals surface area (Å²) in [5.74, 6) is 0.449. The topological polar surface area (TPSA) is 9.23 Å². The van der Waals surface area contributed by atoms with Crippen LogP contribution in [0.4, 0.5) is 4.39 Å². The van der Waals surface area contributed by atoms with Crippen molar-refractivity contribution in [1.29, 1.82) is 0 Å². The number of rotatable bonds is 4. The van der Waals surface area contributed by atoms with Crippen LogP contribution in [-0.2, 0) is 11.8 Å². The van der Waals surface area contributed by atoms with E-state index in [2.05, 4.69) is 34.1 Å². The molecular weight excluding hydrogens is 307 g/mol. The molecule has 0 saturated carbocycles. The molecule has 0 aliphatic heterocycles. The van der Waals surface area contributed by atoms with Gasteiger partial charge in [-0.2, -0.15) is 0 Å². The van der Waals surface area contributed by atoms with Crippen LogP contribution in [0.3, 0.4) is 0 Å². The smallest absolute Gasteiger partial charge is 0.165 e. The first-order valence-corrected chi connectivity index (χ1v) is 7.45. The van der Waals surface area contributed by atoms with Gasteiger partial charge in [0.1, 0.15) is 0 Å². The zero-order chi connectivity index (χ0) is 13.2. The third-order valence-corrected chi connectivity index (χ3v) is 4.20. The van der Waals surface area contributed by atoms with Crippen LogP contribution < -0.4 is 4.74 Å². The van der Waals surface area contributed by atoms with Crippen LogP contribution in [0.25, 0.3) is 0 Å². The van der Waals surface area contributed by atoms with Crippen LogP contribution in [0.15, 0.2) is 42.5 Å². The number of alkyl halides is 1. The maximum Gasteiger partial charge on any atom is 0.165 e. The Bertz CT molecular complexity index is 597. The minimum atomic E-state index is -0.287. The third kappa shape index (κ3) is 2.52. The normalized spacial score (nSPS) is 16.6. The van der Waals surface area contributed by atoms with Crippen molar-refractivity contribution < 1.29 is 9.13 Å². The molecule has 2 aromatic carbocycles. The van der Waals surface area contributed by atoms with Crippen LogP contribution in [-0.4, -0.2) is 6.61 Å². The summed E-state index contributed by atoms with van der Waals surface area (Å²) in [5, 5.41) is 0.653. The fourth-order valence-electron chi connectivity index (χ4n) is 2.45. The van der Waals surface area contributed by atoms with Gasteiger partial charge in [0.15, 0.2) is 11.6 Å². The zero-order valence-electron chi connectivity index (χ0n) is 10.4.